The number of benzene rings is 3. The summed E-state index contributed by atoms with van der Waals surface area (Å²) in [7, 11) is 0. The van der Waals surface area contributed by atoms with Gasteiger partial charge in [0, 0.05) is 5.69 Å². The summed E-state index contributed by atoms with van der Waals surface area (Å²) in [6, 6.07) is 16.8. The fourth-order valence-electron chi connectivity index (χ4n) is 3.42. The minimum atomic E-state index is -0.520. The number of hydrogen-bond donors (Lipinski definition) is 1. The number of carbonyl (C=O) groups excluding carboxylic acids is 3. The molecular weight excluding hydrogens is 547 g/mol. The van der Waals surface area contributed by atoms with Crippen LogP contribution in [-0.2, 0) is 16.2 Å². The Morgan fingerprint density at radius 3 is 2.50 bits per heavy atom. The van der Waals surface area contributed by atoms with Gasteiger partial charge in [0.05, 0.1) is 9.38 Å². The van der Waals surface area contributed by atoms with Gasteiger partial charge in [-0.25, -0.2) is 4.39 Å². The van der Waals surface area contributed by atoms with Gasteiger partial charge in [-0.3, -0.25) is 19.3 Å². The normalized spacial score (nSPS) is 14.4. The van der Waals surface area contributed by atoms with Gasteiger partial charge in [0.25, 0.3) is 11.1 Å². The fraction of sp³-hybridized carbons (Fsp3) is 0.148. The topological polar surface area (TPSA) is 75.7 Å². The lowest BCUT2D eigenvalue weighted by Gasteiger charge is -2.13. The Balaban J connectivity index is 1.39. The molecule has 1 aliphatic rings. The molecule has 1 N–H and O–H groups in total. The lowest BCUT2D eigenvalue weighted by molar-refractivity contribution is -0.127. The van der Waals surface area contributed by atoms with Gasteiger partial charge in [-0.15, -0.1) is 0 Å². The van der Waals surface area contributed by atoms with Crippen molar-refractivity contribution in [1.82, 2.24) is 4.90 Å². The van der Waals surface area contributed by atoms with Gasteiger partial charge in [-0.2, -0.15) is 0 Å². The first-order valence-corrected chi connectivity index (χ1v) is 12.6. The van der Waals surface area contributed by atoms with Crippen LogP contribution < -0.4 is 10.1 Å². The molecule has 0 aliphatic carbocycles. The number of ether oxygens (including phenoxy) is 1. The highest BCUT2D eigenvalue weighted by Gasteiger charge is 2.36. The van der Waals surface area contributed by atoms with E-state index in [0.29, 0.717) is 21.5 Å². The minimum absolute atomic E-state index is 0.228. The molecule has 0 radical (unpaired) electrons. The van der Waals surface area contributed by atoms with Gasteiger partial charge < -0.3 is 10.1 Å². The molecule has 3 aromatic carbocycles. The van der Waals surface area contributed by atoms with E-state index in [1.807, 2.05) is 26.0 Å². The Kier molecular flexibility index (Phi) is 7.91. The maximum Gasteiger partial charge on any atom is 0.294 e. The molecule has 3 amide bonds. The van der Waals surface area contributed by atoms with E-state index < -0.39 is 17.1 Å². The van der Waals surface area contributed by atoms with Crippen molar-refractivity contribution in [3.05, 3.63) is 98.1 Å². The second-order valence-electron chi connectivity index (χ2n) is 8.22. The quantitative estimate of drug-likeness (QED) is 0.331. The molecule has 0 aromatic heterocycles. The van der Waals surface area contributed by atoms with Crippen molar-refractivity contribution in [2.45, 2.75) is 20.5 Å². The molecule has 36 heavy (non-hydrogen) atoms. The molecule has 1 fully saturated rings. The zero-order chi connectivity index (χ0) is 25.8. The van der Waals surface area contributed by atoms with Crippen molar-refractivity contribution in [3.63, 3.8) is 0 Å². The van der Waals surface area contributed by atoms with E-state index in [1.165, 1.54) is 12.1 Å². The number of thioether (sulfide) groups is 1. The maximum absolute atomic E-state index is 13.1. The van der Waals surface area contributed by atoms with Crippen molar-refractivity contribution >= 4 is 56.5 Å². The average Bonchev–Trinajstić information content (AvgIpc) is 3.09. The summed E-state index contributed by atoms with van der Waals surface area (Å²) in [5.41, 5.74) is 4.24. The van der Waals surface area contributed by atoms with Crippen LogP contribution in [0.3, 0.4) is 0 Å². The number of nitrogens with zero attached hydrogens (tertiary/aromatic N) is 1. The smallest absolute Gasteiger partial charge is 0.294 e. The van der Waals surface area contributed by atoms with E-state index in [0.717, 1.165) is 33.4 Å². The number of imide groups is 1. The molecule has 0 bridgehead atoms. The Morgan fingerprint density at radius 1 is 1.06 bits per heavy atom. The van der Waals surface area contributed by atoms with Crippen LogP contribution in [0.25, 0.3) is 6.08 Å². The van der Waals surface area contributed by atoms with Crippen molar-refractivity contribution < 1.29 is 23.5 Å². The third-order valence-electron chi connectivity index (χ3n) is 5.53. The highest BCUT2D eigenvalue weighted by atomic mass is 79.9. The summed E-state index contributed by atoms with van der Waals surface area (Å²) >= 11 is 4.25. The molecule has 184 valence electrons. The molecular formula is C27H22BrFN2O4S. The maximum atomic E-state index is 13.1. The number of carbonyl (C=O) groups is 3. The molecule has 9 heteroatoms. The lowest BCUT2D eigenvalue weighted by atomic mass is 10.1. The second-order valence-corrected chi connectivity index (χ2v) is 10.1. The SMILES string of the molecule is Cc1ccc(NC(=O)CN2C(=O)S/C(=C\c3ccc(OCc4ccc(F)cc4)c(Br)c3)C2=O)cc1C. The Labute approximate surface area is 220 Å². The number of nitrogens with one attached hydrogen (secondary N) is 1. The summed E-state index contributed by atoms with van der Waals surface area (Å²) in [4.78, 5) is 38.9. The molecule has 0 spiro atoms. The van der Waals surface area contributed by atoms with Crippen LogP contribution >= 0.6 is 27.7 Å². The van der Waals surface area contributed by atoms with E-state index in [9.17, 15) is 18.8 Å². The van der Waals surface area contributed by atoms with E-state index in [4.69, 9.17) is 4.74 Å². The highest BCUT2D eigenvalue weighted by molar-refractivity contribution is 9.10. The first-order chi connectivity index (χ1) is 17.2. The molecule has 1 aliphatic heterocycles. The number of rotatable bonds is 7. The number of anilines is 1. The number of hydrogen-bond acceptors (Lipinski definition) is 5. The van der Waals surface area contributed by atoms with Gasteiger partial charge in [0.15, 0.2) is 0 Å². The van der Waals surface area contributed by atoms with Gasteiger partial charge in [0.1, 0.15) is 24.7 Å². The standard InChI is InChI=1S/C27H22BrFN2O4S/c1-16-3-9-21(11-17(16)2)30-25(32)14-31-26(33)24(36-27(31)34)13-19-6-10-23(22(28)12-19)35-15-18-4-7-20(29)8-5-18/h3-13H,14-15H2,1-2H3,(H,30,32)/b24-13-. The minimum Gasteiger partial charge on any atom is -0.488 e. The van der Waals surface area contributed by atoms with Gasteiger partial charge >= 0.3 is 0 Å². The number of halogens is 2. The fourth-order valence-corrected chi connectivity index (χ4v) is 4.77. The lowest BCUT2D eigenvalue weighted by Crippen LogP contribution is -2.36. The van der Waals surface area contributed by atoms with E-state index >= 15 is 0 Å². The molecule has 4 rings (SSSR count). The summed E-state index contributed by atoms with van der Waals surface area (Å²) in [5, 5.41) is 2.23. The van der Waals surface area contributed by atoms with Gasteiger partial charge in [-0.1, -0.05) is 24.3 Å². The zero-order valence-corrected chi connectivity index (χ0v) is 21.9. The van der Waals surface area contributed by atoms with Crippen LogP contribution in [0.15, 0.2) is 70.0 Å². The average molecular weight is 569 g/mol. The zero-order valence-electron chi connectivity index (χ0n) is 19.5. The Bertz CT molecular complexity index is 1370. The Morgan fingerprint density at radius 2 is 1.81 bits per heavy atom. The summed E-state index contributed by atoms with van der Waals surface area (Å²) in [6.45, 7) is 3.81. The van der Waals surface area contributed by atoms with E-state index in [2.05, 4.69) is 21.2 Å². The Hall–Kier alpha value is -3.43. The van der Waals surface area contributed by atoms with Crippen LogP contribution in [0.4, 0.5) is 14.9 Å². The predicted octanol–water partition coefficient (Wildman–Crippen LogP) is 6.46. The monoisotopic (exact) mass is 568 g/mol. The summed E-state index contributed by atoms with van der Waals surface area (Å²) < 4.78 is 19.5. The van der Waals surface area contributed by atoms with Crippen LogP contribution in [0.5, 0.6) is 5.75 Å². The molecule has 0 saturated carbocycles. The van der Waals surface area contributed by atoms with Crippen molar-refractivity contribution in [1.29, 1.82) is 0 Å². The second kappa shape index (κ2) is 11.1. The van der Waals surface area contributed by atoms with E-state index in [-0.39, 0.29) is 23.9 Å². The van der Waals surface area contributed by atoms with E-state index in [1.54, 1.807) is 42.5 Å². The van der Waals surface area contributed by atoms with Crippen LogP contribution in [0.2, 0.25) is 0 Å². The third kappa shape index (κ3) is 6.22. The van der Waals surface area contributed by atoms with Gasteiger partial charge in [-0.05, 0) is 106 Å². The van der Waals surface area contributed by atoms with Crippen LogP contribution in [-0.4, -0.2) is 28.5 Å². The van der Waals surface area contributed by atoms with Crippen LogP contribution in [0.1, 0.15) is 22.3 Å². The van der Waals surface area contributed by atoms with Crippen molar-refractivity contribution in [2.75, 3.05) is 11.9 Å². The molecule has 0 atom stereocenters. The molecule has 1 heterocycles. The predicted molar refractivity (Wildman–Crippen MR) is 142 cm³/mol. The molecule has 3 aromatic rings. The highest BCUT2D eigenvalue weighted by Crippen LogP contribution is 2.34. The number of aryl methyl sites for hydroxylation is 2. The first kappa shape index (κ1) is 25.7. The summed E-state index contributed by atoms with van der Waals surface area (Å²) in [5.74, 6) is -0.705. The van der Waals surface area contributed by atoms with Crippen LogP contribution in [0, 0.1) is 19.7 Å². The number of amides is 3. The first-order valence-electron chi connectivity index (χ1n) is 11.0. The molecule has 0 unspecified atom stereocenters. The largest absolute Gasteiger partial charge is 0.488 e. The molecule has 6 nitrogen and oxygen atoms in total. The van der Waals surface area contributed by atoms with Gasteiger partial charge in [0.2, 0.25) is 5.91 Å². The third-order valence-corrected chi connectivity index (χ3v) is 7.05. The molecule has 1 saturated heterocycles. The van der Waals surface area contributed by atoms with Crippen molar-refractivity contribution in [3.8, 4) is 5.75 Å². The summed E-state index contributed by atoms with van der Waals surface area (Å²) in [6.07, 6.45) is 1.60. The van der Waals surface area contributed by atoms with Crippen molar-refractivity contribution in [2.24, 2.45) is 0 Å².